The lowest BCUT2D eigenvalue weighted by molar-refractivity contribution is -0.124. The van der Waals surface area contributed by atoms with Crippen LogP contribution in [0.25, 0.3) is 10.1 Å². The Hall–Kier alpha value is -3.39. The van der Waals surface area contributed by atoms with Crippen molar-refractivity contribution in [1.82, 2.24) is 15.5 Å². The monoisotopic (exact) mass is 407 g/mol. The molecule has 2 aliphatic heterocycles. The number of fused-ring (bicyclic) bond motifs is 2. The van der Waals surface area contributed by atoms with Crippen LogP contribution in [0.15, 0.2) is 48.5 Å². The molecule has 2 aromatic carbocycles. The largest absolute Gasteiger partial charge is 0.497 e. The molecule has 1 unspecified atom stereocenters. The van der Waals surface area contributed by atoms with E-state index in [1.807, 2.05) is 36.4 Å². The van der Waals surface area contributed by atoms with E-state index in [1.54, 1.807) is 24.1 Å². The van der Waals surface area contributed by atoms with E-state index >= 15 is 0 Å². The molecule has 1 atom stereocenters. The number of carbonyl (C=O) groups is 3. The maximum absolute atomic E-state index is 13.0. The van der Waals surface area contributed by atoms with Gasteiger partial charge in [-0.15, -0.1) is 11.3 Å². The molecule has 7 nitrogen and oxygen atoms in total. The van der Waals surface area contributed by atoms with Crippen molar-refractivity contribution in [2.45, 2.75) is 12.1 Å². The fourth-order valence-corrected chi connectivity index (χ4v) is 5.12. The second-order valence-corrected chi connectivity index (χ2v) is 8.23. The van der Waals surface area contributed by atoms with Gasteiger partial charge in [0.15, 0.2) is 5.54 Å². The summed E-state index contributed by atoms with van der Waals surface area (Å²) < 4.78 is 6.23. The zero-order chi connectivity index (χ0) is 20.2. The number of rotatable bonds is 4. The van der Waals surface area contributed by atoms with Gasteiger partial charge in [-0.1, -0.05) is 24.3 Å². The molecule has 0 aliphatic carbocycles. The Labute approximate surface area is 170 Å². The third-order valence-electron chi connectivity index (χ3n) is 5.41. The van der Waals surface area contributed by atoms with Gasteiger partial charge in [0.25, 0.3) is 11.8 Å². The summed E-state index contributed by atoms with van der Waals surface area (Å²) in [5, 5.41) is 6.11. The Morgan fingerprint density at radius 1 is 1.14 bits per heavy atom. The SMILES string of the molecule is COc1ccc2c(c1)C(=O)N(CC1(c3cc4ccccc4s3)NC(=O)NC1=O)C2. The van der Waals surface area contributed by atoms with Crippen LogP contribution in [0.2, 0.25) is 0 Å². The zero-order valence-electron chi connectivity index (χ0n) is 15.5. The summed E-state index contributed by atoms with van der Waals surface area (Å²) in [7, 11) is 1.55. The van der Waals surface area contributed by atoms with Crippen molar-refractivity contribution in [2.75, 3.05) is 13.7 Å². The summed E-state index contributed by atoms with van der Waals surface area (Å²) in [6.07, 6.45) is 0. The fraction of sp³-hybridized carbons (Fsp3) is 0.190. The number of methoxy groups -OCH3 is 1. The molecule has 1 aromatic heterocycles. The topological polar surface area (TPSA) is 87.7 Å². The summed E-state index contributed by atoms with van der Waals surface area (Å²) >= 11 is 1.44. The molecule has 0 bridgehead atoms. The second kappa shape index (κ2) is 6.31. The van der Waals surface area contributed by atoms with E-state index in [0.29, 0.717) is 22.7 Å². The van der Waals surface area contributed by atoms with Crippen molar-refractivity contribution in [3.05, 3.63) is 64.5 Å². The minimum absolute atomic E-state index is 0.0488. The molecule has 146 valence electrons. The molecule has 5 rings (SSSR count). The summed E-state index contributed by atoms with van der Waals surface area (Å²) in [5.74, 6) is -0.0335. The number of benzene rings is 2. The van der Waals surface area contributed by atoms with E-state index in [2.05, 4.69) is 10.6 Å². The third-order valence-corrected chi connectivity index (χ3v) is 6.69. The van der Waals surface area contributed by atoms with E-state index in [1.165, 1.54) is 11.3 Å². The van der Waals surface area contributed by atoms with Crippen LogP contribution < -0.4 is 15.4 Å². The molecule has 0 radical (unpaired) electrons. The van der Waals surface area contributed by atoms with Crippen molar-refractivity contribution >= 4 is 39.3 Å². The first-order valence-corrected chi connectivity index (χ1v) is 9.91. The Bertz CT molecular complexity index is 1150. The summed E-state index contributed by atoms with van der Waals surface area (Å²) in [6, 6.07) is 14.5. The maximum Gasteiger partial charge on any atom is 0.322 e. The number of nitrogens with one attached hydrogen (secondary N) is 2. The van der Waals surface area contributed by atoms with E-state index in [4.69, 9.17) is 4.74 Å². The van der Waals surface area contributed by atoms with Crippen LogP contribution in [-0.2, 0) is 16.9 Å². The Balaban J connectivity index is 1.54. The molecule has 3 aromatic rings. The standard InChI is InChI=1S/C21H17N3O4S/c1-28-14-7-6-13-10-24(18(25)15(13)9-14)11-21(19(26)22-20(27)23-21)17-8-12-4-2-3-5-16(12)29-17/h2-9H,10-11H2,1H3,(H2,22,23,26,27). The van der Waals surface area contributed by atoms with Crippen molar-refractivity contribution in [3.8, 4) is 5.75 Å². The van der Waals surface area contributed by atoms with Crippen LogP contribution in [0.4, 0.5) is 4.79 Å². The Morgan fingerprint density at radius 3 is 2.69 bits per heavy atom. The lowest BCUT2D eigenvalue weighted by Crippen LogP contribution is -2.52. The lowest BCUT2D eigenvalue weighted by atomic mass is 9.96. The first-order chi connectivity index (χ1) is 14.0. The lowest BCUT2D eigenvalue weighted by Gasteiger charge is -2.30. The molecule has 4 amide bonds. The van der Waals surface area contributed by atoms with E-state index in [-0.39, 0.29) is 12.5 Å². The number of amides is 4. The molecular formula is C21H17N3O4S. The summed E-state index contributed by atoms with van der Waals surface area (Å²) in [4.78, 5) is 40.3. The van der Waals surface area contributed by atoms with Crippen molar-refractivity contribution in [2.24, 2.45) is 0 Å². The van der Waals surface area contributed by atoms with Gasteiger partial charge < -0.3 is 15.0 Å². The van der Waals surface area contributed by atoms with Gasteiger partial charge in [-0.05, 0) is 35.2 Å². The molecule has 1 saturated heterocycles. The van der Waals surface area contributed by atoms with Crippen LogP contribution in [0, 0.1) is 0 Å². The molecule has 0 saturated carbocycles. The van der Waals surface area contributed by atoms with Gasteiger partial charge >= 0.3 is 6.03 Å². The molecular weight excluding hydrogens is 390 g/mol. The highest BCUT2D eigenvalue weighted by Gasteiger charge is 2.51. The zero-order valence-corrected chi connectivity index (χ0v) is 16.3. The van der Waals surface area contributed by atoms with Gasteiger partial charge in [0.05, 0.1) is 13.7 Å². The molecule has 8 heteroatoms. The average molecular weight is 407 g/mol. The smallest absolute Gasteiger partial charge is 0.322 e. The third kappa shape index (κ3) is 2.67. The molecule has 29 heavy (non-hydrogen) atoms. The van der Waals surface area contributed by atoms with Gasteiger partial charge in [-0.3, -0.25) is 14.9 Å². The number of urea groups is 1. The highest BCUT2D eigenvalue weighted by Crippen LogP contribution is 2.37. The van der Waals surface area contributed by atoms with Crippen LogP contribution >= 0.6 is 11.3 Å². The minimum Gasteiger partial charge on any atom is -0.497 e. The number of hydrogen-bond donors (Lipinski definition) is 2. The van der Waals surface area contributed by atoms with Crippen LogP contribution in [0.3, 0.4) is 0 Å². The number of thiophene rings is 1. The predicted octanol–water partition coefficient (Wildman–Crippen LogP) is 2.60. The van der Waals surface area contributed by atoms with Gasteiger partial charge in [0.2, 0.25) is 0 Å². The van der Waals surface area contributed by atoms with Gasteiger partial charge in [0, 0.05) is 21.7 Å². The molecule has 0 spiro atoms. The Morgan fingerprint density at radius 2 is 1.97 bits per heavy atom. The second-order valence-electron chi connectivity index (χ2n) is 7.15. The first-order valence-electron chi connectivity index (χ1n) is 9.09. The quantitative estimate of drug-likeness (QED) is 0.651. The minimum atomic E-state index is -1.32. The highest BCUT2D eigenvalue weighted by atomic mass is 32.1. The Kier molecular flexibility index (Phi) is 3.85. The average Bonchev–Trinajstić information content (AvgIpc) is 3.36. The number of imide groups is 1. The number of nitrogens with zero attached hydrogens (tertiary/aromatic N) is 1. The van der Waals surface area contributed by atoms with E-state index in [9.17, 15) is 14.4 Å². The van der Waals surface area contributed by atoms with Gasteiger partial charge in [-0.2, -0.15) is 0 Å². The van der Waals surface area contributed by atoms with E-state index in [0.717, 1.165) is 15.6 Å². The van der Waals surface area contributed by atoms with Gasteiger partial charge in [0.1, 0.15) is 5.75 Å². The molecule has 3 heterocycles. The van der Waals surface area contributed by atoms with Crippen LogP contribution in [0.5, 0.6) is 5.75 Å². The van der Waals surface area contributed by atoms with Crippen molar-refractivity contribution in [3.63, 3.8) is 0 Å². The maximum atomic E-state index is 13.0. The van der Waals surface area contributed by atoms with E-state index < -0.39 is 17.5 Å². The predicted molar refractivity (Wildman–Crippen MR) is 108 cm³/mol. The van der Waals surface area contributed by atoms with Gasteiger partial charge in [-0.25, -0.2) is 4.79 Å². The number of hydrogen-bond acceptors (Lipinski definition) is 5. The number of ether oxygens (including phenoxy) is 1. The summed E-state index contributed by atoms with van der Waals surface area (Å²) in [6.45, 7) is 0.418. The number of carbonyl (C=O) groups excluding carboxylic acids is 3. The van der Waals surface area contributed by atoms with Crippen molar-refractivity contribution in [1.29, 1.82) is 0 Å². The molecule has 2 aliphatic rings. The normalized spacial score (nSPS) is 20.7. The molecule has 1 fully saturated rings. The highest BCUT2D eigenvalue weighted by molar-refractivity contribution is 7.19. The fourth-order valence-electron chi connectivity index (χ4n) is 3.93. The summed E-state index contributed by atoms with van der Waals surface area (Å²) in [5.41, 5.74) is 0.107. The molecule has 2 N–H and O–H groups in total. The first kappa shape index (κ1) is 17.7. The van der Waals surface area contributed by atoms with Crippen LogP contribution in [-0.4, -0.2) is 36.4 Å². The van der Waals surface area contributed by atoms with Crippen molar-refractivity contribution < 1.29 is 19.1 Å². The van der Waals surface area contributed by atoms with Crippen LogP contribution in [0.1, 0.15) is 20.8 Å².